The number of nitro groups is 1. The summed E-state index contributed by atoms with van der Waals surface area (Å²) in [5.74, 6) is -0.349. The van der Waals surface area contributed by atoms with E-state index in [-0.39, 0.29) is 17.3 Å². The topological polar surface area (TPSA) is 98.3 Å². The van der Waals surface area contributed by atoms with Crippen LogP contribution in [0.15, 0.2) is 24.3 Å². The minimum absolute atomic E-state index is 0.139. The van der Waals surface area contributed by atoms with Gasteiger partial charge in [-0.3, -0.25) is 14.9 Å². The van der Waals surface area contributed by atoms with Crippen LogP contribution in [0.1, 0.15) is 12.5 Å². The van der Waals surface area contributed by atoms with Crippen LogP contribution in [0.5, 0.6) is 0 Å². The van der Waals surface area contributed by atoms with Gasteiger partial charge in [0.25, 0.3) is 5.69 Å². The number of nitrogens with zero attached hydrogens (tertiary/aromatic N) is 1. The lowest BCUT2D eigenvalue weighted by atomic mass is 10.1. The predicted octanol–water partition coefficient (Wildman–Crippen LogP) is 1.53. The zero-order valence-electron chi connectivity index (χ0n) is 9.34. The van der Waals surface area contributed by atoms with Crippen LogP contribution in [-0.2, 0) is 4.79 Å². The molecule has 6 nitrogen and oxygen atoms in total. The minimum Gasteiger partial charge on any atom is -0.327 e. The molecule has 0 unspecified atom stereocenters. The maximum Gasteiger partial charge on any atom is 0.293 e. The molecule has 0 heterocycles. The van der Waals surface area contributed by atoms with Crippen molar-refractivity contribution in [1.82, 2.24) is 0 Å². The van der Waals surface area contributed by atoms with E-state index < -0.39 is 4.92 Å². The monoisotopic (exact) mass is 235 g/mol. The van der Waals surface area contributed by atoms with Crippen molar-refractivity contribution >= 4 is 23.4 Å². The Balaban J connectivity index is 3.12. The average Bonchev–Trinajstić information content (AvgIpc) is 2.26. The first-order valence-corrected chi connectivity index (χ1v) is 4.97. The van der Waals surface area contributed by atoms with Crippen LogP contribution < -0.4 is 11.1 Å². The highest BCUT2D eigenvalue weighted by Crippen LogP contribution is 2.26. The largest absolute Gasteiger partial charge is 0.327 e. The van der Waals surface area contributed by atoms with E-state index in [2.05, 4.69) is 5.32 Å². The number of benzene rings is 1. The number of rotatable bonds is 4. The molecule has 0 atom stereocenters. The molecule has 0 saturated carbocycles. The van der Waals surface area contributed by atoms with E-state index in [1.807, 2.05) is 0 Å². The number of carbonyl (C=O) groups excluding carboxylic acids is 1. The van der Waals surface area contributed by atoms with Crippen molar-refractivity contribution in [3.63, 3.8) is 0 Å². The van der Waals surface area contributed by atoms with E-state index in [0.717, 1.165) is 0 Å². The van der Waals surface area contributed by atoms with Crippen molar-refractivity contribution in [1.29, 1.82) is 0 Å². The first-order chi connectivity index (χ1) is 8.04. The molecule has 0 spiro atoms. The standard InChI is InChI=1S/C11H13N3O3/c1-8(15)13-10-5-4-9(3-2-6-12)7-11(10)14(16)17/h2-5,7H,6,12H2,1H3,(H,13,15). The van der Waals surface area contributed by atoms with Crippen LogP contribution in [0.2, 0.25) is 0 Å². The lowest BCUT2D eigenvalue weighted by molar-refractivity contribution is -0.383. The predicted molar refractivity (Wildman–Crippen MR) is 65.5 cm³/mol. The van der Waals surface area contributed by atoms with Crippen LogP contribution in [0.4, 0.5) is 11.4 Å². The number of carbonyl (C=O) groups is 1. The number of nitrogens with one attached hydrogen (secondary N) is 1. The van der Waals surface area contributed by atoms with Gasteiger partial charge in [0.1, 0.15) is 5.69 Å². The van der Waals surface area contributed by atoms with Crippen molar-refractivity contribution < 1.29 is 9.72 Å². The number of hydrogen-bond acceptors (Lipinski definition) is 4. The third kappa shape index (κ3) is 3.69. The Hall–Kier alpha value is -2.21. The normalized spacial score (nSPS) is 10.5. The van der Waals surface area contributed by atoms with E-state index in [1.165, 1.54) is 19.1 Å². The fraction of sp³-hybridized carbons (Fsp3) is 0.182. The molecule has 1 aromatic carbocycles. The summed E-state index contributed by atoms with van der Waals surface area (Å²) >= 11 is 0. The number of nitrogens with two attached hydrogens (primary N) is 1. The number of hydrogen-bond donors (Lipinski definition) is 2. The van der Waals surface area contributed by atoms with Gasteiger partial charge in [-0.05, 0) is 11.6 Å². The first-order valence-electron chi connectivity index (χ1n) is 4.97. The van der Waals surface area contributed by atoms with Gasteiger partial charge in [-0.1, -0.05) is 18.2 Å². The van der Waals surface area contributed by atoms with E-state index >= 15 is 0 Å². The Labute approximate surface area is 98.3 Å². The van der Waals surface area contributed by atoms with Gasteiger partial charge >= 0.3 is 0 Å². The molecule has 1 amide bonds. The number of anilines is 1. The highest BCUT2D eigenvalue weighted by atomic mass is 16.6. The van der Waals surface area contributed by atoms with Crippen molar-refractivity contribution in [3.8, 4) is 0 Å². The van der Waals surface area contributed by atoms with Gasteiger partial charge < -0.3 is 11.1 Å². The molecule has 0 aliphatic carbocycles. The highest BCUT2D eigenvalue weighted by Gasteiger charge is 2.14. The molecule has 0 aliphatic heterocycles. The summed E-state index contributed by atoms with van der Waals surface area (Å²) in [4.78, 5) is 21.2. The maximum atomic E-state index is 10.9. The number of amides is 1. The van der Waals surface area contributed by atoms with Gasteiger partial charge in [-0.2, -0.15) is 0 Å². The van der Waals surface area contributed by atoms with Crippen molar-refractivity contribution in [2.24, 2.45) is 5.73 Å². The second-order valence-electron chi connectivity index (χ2n) is 3.35. The molecule has 17 heavy (non-hydrogen) atoms. The molecule has 0 saturated heterocycles. The smallest absolute Gasteiger partial charge is 0.293 e. The number of nitro benzene ring substituents is 1. The first kappa shape index (κ1) is 12.9. The fourth-order valence-corrected chi connectivity index (χ4v) is 1.30. The van der Waals surface area contributed by atoms with Gasteiger partial charge in [0.05, 0.1) is 4.92 Å². The van der Waals surface area contributed by atoms with Crippen LogP contribution >= 0.6 is 0 Å². The Morgan fingerprint density at radius 3 is 2.82 bits per heavy atom. The summed E-state index contributed by atoms with van der Waals surface area (Å²) in [5, 5.41) is 13.2. The summed E-state index contributed by atoms with van der Waals surface area (Å²) in [7, 11) is 0. The van der Waals surface area contributed by atoms with Crippen LogP contribution in [0, 0.1) is 10.1 Å². The molecule has 90 valence electrons. The summed E-state index contributed by atoms with van der Waals surface area (Å²) in [6.45, 7) is 1.66. The third-order valence-electron chi connectivity index (χ3n) is 1.98. The van der Waals surface area contributed by atoms with Crippen LogP contribution in [0.3, 0.4) is 0 Å². The molecule has 0 aromatic heterocycles. The fourth-order valence-electron chi connectivity index (χ4n) is 1.30. The Kier molecular flexibility index (Phi) is 4.36. The molecule has 0 fully saturated rings. The second-order valence-corrected chi connectivity index (χ2v) is 3.35. The Bertz CT molecular complexity index is 469. The lowest BCUT2D eigenvalue weighted by Crippen LogP contribution is -2.08. The Morgan fingerprint density at radius 2 is 2.29 bits per heavy atom. The van der Waals surface area contributed by atoms with Gasteiger partial charge in [0.15, 0.2) is 0 Å². The second kappa shape index (κ2) is 5.76. The van der Waals surface area contributed by atoms with Crippen molar-refractivity contribution in [2.75, 3.05) is 11.9 Å². The quantitative estimate of drug-likeness (QED) is 0.610. The summed E-state index contributed by atoms with van der Waals surface area (Å²) in [6.07, 6.45) is 3.38. The zero-order valence-corrected chi connectivity index (χ0v) is 9.34. The molecule has 0 radical (unpaired) electrons. The maximum absolute atomic E-state index is 10.9. The van der Waals surface area contributed by atoms with Gasteiger partial charge in [-0.25, -0.2) is 0 Å². The van der Waals surface area contributed by atoms with Crippen molar-refractivity contribution in [2.45, 2.75) is 6.92 Å². The van der Waals surface area contributed by atoms with Gasteiger partial charge in [0.2, 0.25) is 5.91 Å². The van der Waals surface area contributed by atoms with E-state index in [0.29, 0.717) is 12.1 Å². The molecule has 1 rings (SSSR count). The lowest BCUT2D eigenvalue weighted by Gasteiger charge is -2.04. The zero-order chi connectivity index (χ0) is 12.8. The molecule has 6 heteroatoms. The minimum atomic E-state index is -0.537. The SMILES string of the molecule is CC(=O)Nc1ccc(C=CCN)cc1[N+](=O)[O-]. The molecular weight excluding hydrogens is 222 g/mol. The molecular formula is C11H13N3O3. The third-order valence-corrected chi connectivity index (χ3v) is 1.98. The summed E-state index contributed by atoms with van der Waals surface area (Å²) in [6, 6.07) is 4.55. The van der Waals surface area contributed by atoms with Crippen molar-refractivity contribution in [3.05, 3.63) is 40.0 Å². The highest BCUT2D eigenvalue weighted by molar-refractivity contribution is 5.91. The summed E-state index contributed by atoms with van der Waals surface area (Å²) < 4.78 is 0. The van der Waals surface area contributed by atoms with Gasteiger partial charge in [0, 0.05) is 19.5 Å². The van der Waals surface area contributed by atoms with E-state index in [1.54, 1.807) is 18.2 Å². The molecule has 3 N–H and O–H groups in total. The van der Waals surface area contributed by atoms with Crippen LogP contribution in [0.25, 0.3) is 6.08 Å². The van der Waals surface area contributed by atoms with E-state index in [9.17, 15) is 14.9 Å². The summed E-state index contributed by atoms with van der Waals surface area (Å²) in [5.41, 5.74) is 6.00. The van der Waals surface area contributed by atoms with Crippen LogP contribution in [-0.4, -0.2) is 17.4 Å². The van der Waals surface area contributed by atoms with E-state index in [4.69, 9.17) is 5.73 Å². The van der Waals surface area contributed by atoms with Gasteiger partial charge in [-0.15, -0.1) is 0 Å². The molecule has 1 aromatic rings. The molecule has 0 aliphatic rings. The average molecular weight is 235 g/mol. The Morgan fingerprint density at radius 1 is 1.59 bits per heavy atom. The molecule has 0 bridgehead atoms.